The van der Waals surface area contributed by atoms with Gasteiger partial charge in [-0.25, -0.2) is 0 Å². The van der Waals surface area contributed by atoms with E-state index < -0.39 is 0 Å². The van der Waals surface area contributed by atoms with E-state index in [2.05, 4.69) is 10.3 Å². The molecule has 0 radical (unpaired) electrons. The van der Waals surface area contributed by atoms with Gasteiger partial charge in [-0.2, -0.15) is 0 Å². The van der Waals surface area contributed by atoms with Gasteiger partial charge in [0.15, 0.2) is 0 Å². The molecular weight excluding hydrogens is 304 g/mol. The van der Waals surface area contributed by atoms with Crippen LogP contribution in [0.2, 0.25) is 5.02 Å². The zero-order chi connectivity index (χ0) is 15.0. The second-order valence-electron chi connectivity index (χ2n) is 5.03. The third-order valence-electron chi connectivity index (χ3n) is 3.56. The Hall–Kier alpha value is -1.78. The van der Waals surface area contributed by atoms with E-state index in [0.717, 1.165) is 21.3 Å². The number of carbonyl (C=O) groups excluding carboxylic acids is 1. The molecule has 21 heavy (non-hydrogen) atoms. The number of halogens is 1. The summed E-state index contributed by atoms with van der Waals surface area (Å²) >= 11 is 7.66. The summed E-state index contributed by atoms with van der Waals surface area (Å²) in [5.41, 5.74) is 2.44. The highest BCUT2D eigenvalue weighted by Gasteiger charge is 2.17. The zero-order valence-corrected chi connectivity index (χ0v) is 13.3. The van der Waals surface area contributed by atoms with E-state index in [1.165, 1.54) is 0 Å². The summed E-state index contributed by atoms with van der Waals surface area (Å²) in [6, 6.07) is 9.58. The molecule has 0 bridgehead atoms. The van der Waals surface area contributed by atoms with E-state index in [4.69, 9.17) is 11.6 Å². The molecule has 0 saturated heterocycles. The molecule has 1 atom stereocenters. The quantitative estimate of drug-likeness (QED) is 0.723. The average Bonchev–Trinajstić information content (AvgIpc) is 3.08. The second-order valence-corrected chi connectivity index (χ2v) is 6.44. The Morgan fingerprint density at radius 3 is 2.90 bits per heavy atom. The number of amides is 1. The number of hydrogen-bond acceptors (Lipinski definition) is 2. The third kappa shape index (κ3) is 2.69. The lowest BCUT2D eigenvalue weighted by Gasteiger charge is -2.11. The number of benzene rings is 1. The molecule has 0 aliphatic carbocycles. The standard InChI is InChI=1S/C16H15ClN2OS/c1-9-12-8-11(17)5-6-13(12)19-15(9)16(20)18-10(2)14-4-3-7-21-14/h3-8,10,19H,1-2H3,(H,18,20). The van der Waals surface area contributed by atoms with Crippen LogP contribution < -0.4 is 5.32 Å². The van der Waals surface area contributed by atoms with Gasteiger partial charge >= 0.3 is 0 Å². The summed E-state index contributed by atoms with van der Waals surface area (Å²) in [6.45, 7) is 3.92. The lowest BCUT2D eigenvalue weighted by Crippen LogP contribution is -2.26. The topological polar surface area (TPSA) is 44.9 Å². The first-order valence-corrected chi connectivity index (χ1v) is 7.94. The van der Waals surface area contributed by atoms with E-state index >= 15 is 0 Å². The van der Waals surface area contributed by atoms with Gasteiger partial charge in [-0.1, -0.05) is 17.7 Å². The number of aromatic amines is 1. The maximum atomic E-state index is 12.5. The minimum atomic E-state index is -0.0966. The minimum absolute atomic E-state index is 0.00750. The fraction of sp³-hybridized carbons (Fsp3) is 0.188. The van der Waals surface area contributed by atoms with Gasteiger partial charge in [0.05, 0.1) is 6.04 Å². The first kappa shape index (κ1) is 14.2. The van der Waals surface area contributed by atoms with Crippen LogP contribution in [0.15, 0.2) is 35.7 Å². The summed E-state index contributed by atoms with van der Waals surface area (Å²) in [5.74, 6) is -0.0966. The molecule has 1 amide bonds. The SMILES string of the molecule is Cc1c(C(=O)NC(C)c2cccs2)[nH]c2ccc(Cl)cc12. The zero-order valence-electron chi connectivity index (χ0n) is 11.7. The molecule has 1 aromatic carbocycles. The van der Waals surface area contributed by atoms with E-state index in [1.807, 2.05) is 49.6 Å². The predicted octanol–water partition coefficient (Wildman–Crippen LogP) is 4.68. The van der Waals surface area contributed by atoms with Gasteiger partial charge < -0.3 is 10.3 Å². The number of rotatable bonds is 3. The largest absolute Gasteiger partial charge is 0.350 e. The van der Waals surface area contributed by atoms with Crippen molar-refractivity contribution in [1.29, 1.82) is 0 Å². The van der Waals surface area contributed by atoms with Crippen LogP contribution in [0.5, 0.6) is 0 Å². The maximum absolute atomic E-state index is 12.5. The molecule has 3 nitrogen and oxygen atoms in total. The molecule has 3 rings (SSSR count). The van der Waals surface area contributed by atoms with Gasteiger partial charge in [0.2, 0.25) is 0 Å². The molecule has 108 valence electrons. The Morgan fingerprint density at radius 1 is 1.38 bits per heavy atom. The van der Waals surface area contributed by atoms with Crippen LogP contribution in [0, 0.1) is 6.92 Å². The highest BCUT2D eigenvalue weighted by atomic mass is 35.5. The first-order chi connectivity index (χ1) is 10.1. The number of H-pyrrole nitrogens is 1. The van der Waals surface area contributed by atoms with Crippen LogP contribution >= 0.6 is 22.9 Å². The van der Waals surface area contributed by atoms with E-state index in [9.17, 15) is 4.79 Å². The van der Waals surface area contributed by atoms with Gasteiger partial charge in [0.1, 0.15) is 5.69 Å². The van der Waals surface area contributed by atoms with Gasteiger partial charge in [0.25, 0.3) is 5.91 Å². The summed E-state index contributed by atoms with van der Waals surface area (Å²) < 4.78 is 0. The number of hydrogen-bond donors (Lipinski definition) is 2. The van der Waals surface area contributed by atoms with Crippen LogP contribution in [0.1, 0.15) is 33.9 Å². The molecule has 2 aromatic heterocycles. The fourth-order valence-corrected chi connectivity index (χ4v) is 3.31. The molecule has 3 aromatic rings. The van der Waals surface area contributed by atoms with Crippen LogP contribution in [0.3, 0.4) is 0 Å². The van der Waals surface area contributed by atoms with Gasteiger partial charge in [0, 0.05) is 20.8 Å². The normalized spacial score (nSPS) is 12.5. The molecule has 0 spiro atoms. The number of aryl methyl sites for hydroxylation is 1. The molecule has 2 heterocycles. The lowest BCUT2D eigenvalue weighted by atomic mass is 10.1. The number of aromatic nitrogens is 1. The van der Waals surface area contributed by atoms with Crippen LogP contribution in [0.4, 0.5) is 0 Å². The molecule has 1 unspecified atom stereocenters. The van der Waals surface area contributed by atoms with Crippen molar-refractivity contribution >= 4 is 39.7 Å². The third-order valence-corrected chi connectivity index (χ3v) is 4.86. The number of nitrogens with one attached hydrogen (secondary N) is 2. The molecule has 0 aliphatic heterocycles. The second kappa shape index (κ2) is 5.54. The first-order valence-electron chi connectivity index (χ1n) is 6.68. The maximum Gasteiger partial charge on any atom is 0.268 e. The number of carbonyl (C=O) groups is 1. The smallest absolute Gasteiger partial charge is 0.268 e. The van der Waals surface area contributed by atoms with Crippen molar-refractivity contribution in [3.05, 3.63) is 56.9 Å². The Balaban J connectivity index is 1.89. The molecule has 0 saturated carbocycles. The van der Waals surface area contributed by atoms with Crippen molar-refractivity contribution in [2.45, 2.75) is 19.9 Å². The van der Waals surface area contributed by atoms with Crippen LogP contribution in [-0.4, -0.2) is 10.9 Å². The highest BCUT2D eigenvalue weighted by molar-refractivity contribution is 7.10. The Kier molecular flexibility index (Phi) is 3.74. The van der Waals surface area contributed by atoms with Crippen molar-refractivity contribution in [2.24, 2.45) is 0 Å². The Labute approximate surface area is 131 Å². The molecule has 0 aliphatic rings. The monoisotopic (exact) mass is 318 g/mol. The molecule has 2 N–H and O–H groups in total. The summed E-state index contributed by atoms with van der Waals surface area (Å²) in [6.07, 6.45) is 0. The number of thiophene rings is 1. The van der Waals surface area contributed by atoms with Crippen molar-refractivity contribution in [1.82, 2.24) is 10.3 Å². The molecular formula is C16H15ClN2OS. The highest BCUT2D eigenvalue weighted by Crippen LogP contribution is 2.26. The molecule has 0 fully saturated rings. The van der Waals surface area contributed by atoms with E-state index in [0.29, 0.717) is 10.7 Å². The predicted molar refractivity (Wildman–Crippen MR) is 88.2 cm³/mol. The summed E-state index contributed by atoms with van der Waals surface area (Å²) in [5, 5.41) is 6.68. The minimum Gasteiger partial charge on any atom is -0.350 e. The van der Waals surface area contributed by atoms with E-state index in [1.54, 1.807) is 11.3 Å². The number of fused-ring (bicyclic) bond motifs is 1. The van der Waals surface area contributed by atoms with Gasteiger partial charge in [-0.3, -0.25) is 4.79 Å². The van der Waals surface area contributed by atoms with Gasteiger partial charge in [-0.05, 0) is 49.1 Å². The lowest BCUT2D eigenvalue weighted by molar-refractivity contribution is 0.0935. The van der Waals surface area contributed by atoms with Gasteiger partial charge in [-0.15, -0.1) is 11.3 Å². The summed E-state index contributed by atoms with van der Waals surface area (Å²) in [4.78, 5) is 16.8. The van der Waals surface area contributed by atoms with Crippen molar-refractivity contribution in [3.63, 3.8) is 0 Å². The van der Waals surface area contributed by atoms with Crippen LogP contribution in [0.25, 0.3) is 10.9 Å². The fourth-order valence-electron chi connectivity index (χ4n) is 2.40. The average molecular weight is 319 g/mol. The van der Waals surface area contributed by atoms with Crippen LogP contribution in [-0.2, 0) is 0 Å². The van der Waals surface area contributed by atoms with Crippen molar-refractivity contribution in [2.75, 3.05) is 0 Å². The van der Waals surface area contributed by atoms with E-state index in [-0.39, 0.29) is 11.9 Å². The molecule has 5 heteroatoms. The van der Waals surface area contributed by atoms with Crippen molar-refractivity contribution in [3.8, 4) is 0 Å². The Bertz CT molecular complexity index is 792. The summed E-state index contributed by atoms with van der Waals surface area (Å²) in [7, 11) is 0. The van der Waals surface area contributed by atoms with Crippen molar-refractivity contribution < 1.29 is 4.79 Å². The Morgan fingerprint density at radius 2 is 2.19 bits per heavy atom.